The number of nitrogens with two attached hydrogens (primary N) is 1. The second kappa shape index (κ2) is 4.63. The van der Waals surface area contributed by atoms with Crippen molar-refractivity contribution in [3.8, 4) is 5.69 Å². The third kappa shape index (κ3) is 1.89. The van der Waals surface area contributed by atoms with Crippen molar-refractivity contribution >= 4 is 10.8 Å². The molecule has 0 amide bonds. The molecule has 3 nitrogen and oxygen atoms in total. The van der Waals surface area contributed by atoms with Crippen LogP contribution in [-0.4, -0.2) is 16.1 Å². The molecule has 90 valence electrons. The van der Waals surface area contributed by atoms with Gasteiger partial charge in [-0.2, -0.15) is 0 Å². The number of hydrogen-bond acceptors (Lipinski definition) is 2. The van der Waals surface area contributed by atoms with Crippen LogP contribution in [0.1, 0.15) is 5.69 Å². The van der Waals surface area contributed by atoms with Crippen LogP contribution in [0, 0.1) is 0 Å². The average molecular weight is 237 g/mol. The molecule has 0 saturated carbocycles. The van der Waals surface area contributed by atoms with Gasteiger partial charge < -0.3 is 10.3 Å². The molecule has 0 aliphatic rings. The third-order valence-electron chi connectivity index (χ3n) is 3.13. The molecule has 0 aliphatic carbocycles. The molecule has 0 radical (unpaired) electrons. The molecule has 0 spiro atoms. The zero-order valence-electron chi connectivity index (χ0n) is 10.1. The van der Waals surface area contributed by atoms with E-state index in [1.807, 2.05) is 12.5 Å². The van der Waals surface area contributed by atoms with Crippen LogP contribution in [0.25, 0.3) is 16.5 Å². The molecular weight excluding hydrogens is 222 g/mol. The van der Waals surface area contributed by atoms with Crippen molar-refractivity contribution in [3.63, 3.8) is 0 Å². The van der Waals surface area contributed by atoms with Gasteiger partial charge >= 0.3 is 0 Å². The lowest BCUT2D eigenvalue weighted by Crippen LogP contribution is -2.07. The smallest absolute Gasteiger partial charge is 0.0994 e. The van der Waals surface area contributed by atoms with Gasteiger partial charge in [0.1, 0.15) is 0 Å². The zero-order valence-corrected chi connectivity index (χ0v) is 10.1. The lowest BCUT2D eigenvalue weighted by atomic mass is 10.1. The van der Waals surface area contributed by atoms with E-state index in [0.717, 1.165) is 17.8 Å². The van der Waals surface area contributed by atoms with Gasteiger partial charge in [-0.05, 0) is 29.4 Å². The quantitative estimate of drug-likeness (QED) is 0.760. The van der Waals surface area contributed by atoms with Crippen molar-refractivity contribution in [2.45, 2.75) is 6.42 Å². The number of benzene rings is 2. The van der Waals surface area contributed by atoms with Crippen LogP contribution >= 0.6 is 0 Å². The number of imidazole rings is 1. The Labute approximate surface area is 106 Å². The van der Waals surface area contributed by atoms with Crippen LogP contribution in [0.5, 0.6) is 0 Å². The summed E-state index contributed by atoms with van der Waals surface area (Å²) in [7, 11) is 0. The molecular formula is C15H15N3. The summed E-state index contributed by atoms with van der Waals surface area (Å²) in [6.45, 7) is 0.638. The van der Waals surface area contributed by atoms with Crippen LogP contribution in [-0.2, 0) is 6.42 Å². The van der Waals surface area contributed by atoms with Crippen molar-refractivity contribution in [1.29, 1.82) is 0 Å². The first-order valence-electron chi connectivity index (χ1n) is 6.09. The van der Waals surface area contributed by atoms with Gasteiger partial charge in [0.05, 0.1) is 6.33 Å². The minimum absolute atomic E-state index is 0.638. The number of nitrogens with zero attached hydrogens (tertiary/aromatic N) is 2. The number of hydrogen-bond donors (Lipinski definition) is 1. The summed E-state index contributed by atoms with van der Waals surface area (Å²) >= 11 is 0. The lowest BCUT2D eigenvalue weighted by Gasteiger charge is -2.08. The summed E-state index contributed by atoms with van der Waals surface area (Å²) in [6, 6.07) is 14.8. The molecule has 1 heterocycles. The Bertz CT molecular complexity index is 670. The zero-order chi connectivity index (χ0) is 12.4. The highest BCUT2D eigenvalue weighted by Crippen LogP contribution is 2.19. The van der Waals surface area contributed by atoms with Crippen molar-refractivity contribution in [2.75, 3.05) is 6.54 Å². The molecule has 3 rings (SSSR count). The van der Waals surface area contributed by atoms with E-state index in [1.165, 1.54) is 10.8 Å². The highest BCUT2D eigenvalue weighted by molar-refractivity contribution is 5.84. The predicted octanol–water partition coefficient (Wildman–Crippen LogP) is 2.53. The van der Waals surface area contributed by atoms with Gasteiger partial charge in [-0.1, -0.05) is 30.3 Å². The summed E-state index contributed by atoms with van der Waals surface area (Å²) in [5, 5.41) is 2.49. The lowest BCUT2D eigenvalue weighted by molar-refractivity contribution is 0.874. The molecule has 2 N–H and O–H groups in total. The Hall–Kier alpha value is -2.13. The SMILES string of the molecule is NCCc1cncn1-c1ccc2ccccc2c1. The van der Waals surface area contributed by atoms with E-state index >= 15 is 0 Å². The van der Waals surface area contributed by atoms with E-state index in [-0.39, 0.29) is 0 Å². The fraction of sp³-hybridized carbons (Fsp3) is 0.133. The van der Waals surface area contributed by atoms with Gasteiger partial charge in [-0.15, -0.1) is 0 Å². The van der Waals surface area contributed by atoms with E-state index in [1.54, 1.807) is 0 Å². The van der Waals surface area contributed by atoms with Crippen molar-refractivity contribution < 1.29 is 0 Å². The Morgan fingerprint density at radius 1 is 1.06 bits per heavy atom. The Balaban J connectivity index is 2.10. The van der Waals surface area contributed by atoms with Gasteiger partial charge in [0.2, 0.25) is 0 Å². The average Bonchev–Trinajstić information content (AvgIpc) is 2.87. The number of rotatable bonds is 3. The monoisotopic (exact) mass is 237 g/mol. The maximum absolute atomic E-state index is 5.62. The maximum atomic E-state index is 5.62. The van der Waals surface area contributed by atoms with Crippen molar-refractivity contribution in [3.05, 3.63) is 60.7 Å². The standard InChI is InChI=1S/C15H15N3/c16-8-7-15-10-17-11-18(15)14-6-5-12-3-1-2-4-13(12)9-14/h1-6,9-11H,7-8,16H2. The first-order chi connectivity index (χ1) is 8.88. The fourth-order valence-corrected chi connectivity index (χ4v) is 2.21. The molecule has 0 bridgehead atoms. The minimum Gasteiger partial charge on any atom is -0.330 e. The normalized spacial score (nSPS) is 10.9. The van der Waals surface area contributed by atoms with Gasteiger partial charge in [0, 0.05) is 24.0 Å². The van der Waals surface area contributed by atoms with Gasteiger partial charge in [0.25, 0.3) is 0 Å². The molecule has 0 fully saturated rings. The summed E-state index contributed by atoms with van der Waals surface area (Å²) < 4.78 is 2.10. The van der Waals surface area contributed by atoms with Crippen LogP contribution < -0.4 is 5.73 Å². The molecule has 1 aromatic heterocycles. The second-order valence-electron chi connectivity index (χ2n) is 4.33. The largest absolute Gasteiger partial charge is 0.330 e. The highest BCUT2D eigenvalue weighted by atomic mass is 15.0. The Morgan fingerprint density at radius 2 is 1.89 bits per heavy atom. The number of fused-ring (bicyclic) bond motifs is 1. The summed E-state index contributed by atoms with van der Waals surface area (Å²) in [4.78, 5) is 4.20. The van der Waals surface area contributed by atoms with Crippen LogP contribution in [0.3, 0.4) is 0 Å². The molecule has 0 aliphatic heterocycles. The van der Waals surface area contributed by atoms with Crippen molar-refractivity contribution in [2.24, 2.45) is 5.73 Å². The van der Waals surface area contributed by atoms with E-state index in [0.29, 0.717) is 6.54 Å². The molecule has 0 unspecified atom stereocenters. The topological polar surface area (TPSA) is 43.8 Å². The predicted molar refractivity (Wildman–Crippen MR) is 73.8 cm³/mol. The van der Waals surface area contributed by atoms with Crippen LogP contribution in [0.2, 0.25) is 0 Å². The molecule has 3 aromatic rings. The summed E-state index contributed by atoms with van der Waals surface area (Å²) in [5.74, 6) is 0. The fourth-order valence-electron chi connectivity index (χ4n) is 2.21. The first-order valence-corrected chi connectivity index (χ1v) is 6.09. The molecule has 3 heteroatoms. The third-order valence-corrected chi connectivity index (χ3v) is 3.13. The Morgan fingerprint density at radius 3 is 2.72 bits per heavy atom. The van der Waals surface area contributed by atoms with Crippen molar-refractivity contribution in [1.82, 2.24) is 9.55 Å². The molecule has 18 heavy (non-hydrogen) atoms. The summed E-state index contributed by atoms with van der Waals surface area (Å²) in [6.07, 6.45) is 4.56. The minimum atomic E-state index is 0.638. The van der Waals surface area contributed by atoms with E-state index in [2.05, 4.69) is 52.0 Å². The van der Waals surface area contributed by atoms with Gasteiger partial charge in [-0.25, -0.2) is 4.98 Å². The van der Waals surface area contributed by atoms with Gasteiger partial charge in [0.15, 0.2) is 0 Å². The van der Waals surface area contributed by atoms with E-state index in [9.17, 15) is 0 Å². The highest BCUT2D eigenvalue weighted by Gasteiger charge is 2.04. The first kappa shape index (κ1) is 11.0. The molecule has 0 saturated heterocycles. The van der Waals surface area contributed by atoms with E-state index < -0.39 is 0 Å². The molecule has 2 aromatic carbocycles. The number of aromatic nitrogens is 2. The molecule has 0 atom stereocenters. The van der Waals surface area contributed by atoms with Crippen LogP contribution in [0.15, 0.2) is 55.0 Å². The summed E-state index contributed by atoms with van der Waals surface area (Å²) in [5.41, 5.74) is 7.90. The Kier molecular flexibility index (Phi) is 2.82. The van der Waals surface area contributed by atoms with Crippen LogP contribution in [0.4, 0.5) is 0 Å². The second-order valence-corrected chi connectivity index (χ2v) is 4.33. The van der Waals surface area contributed by atoms with E-state index in [4.69, 9.17) is 5.73 Å². The van der Waals surface area contributed by atoms with Gasteiger partial charge in [-0.3, -0.25) is 0 Å². The maximum Gasteiger partial charge on any atom is 0.0994 e.